The third-order valence-corrected chi connectivity index (χ3v) is 2.84. The Morgan fingerprint density at radius 3 is 2.70 bits per heavy atom. The summed E-state index contributed by atoms with van der Waals surface area (Å²) in [5, 5.41) is 2.65. The van der Waals surface area contributed by atoms with E-state index < -0.39 is 5.82 Å². The van der Waals surface area contributed by atoms with E-state index in [1.165, 1.54) is 13.2 Å². The fourth-order valence-electron chi connectivity index (χ4n) is 1.79. The summed E-state index contributed by atoms with van der Waals surface area (Å²) in [5.41, 5.74) is 7.02. The van der Waals surface area contributed by atoms with Crippen LogP contribution in [0.15, 0.2) is 42.5 Å². The molecule has 0 aliphatic rings. The molecule has 1 amide bonds. The van der Waals surface area contributed by atoms with Crippen LogP contribution in [-0.4, -0.2) is 13.0 Å². The van der Waals surface area contributed by atoms with Crippen LogP contribution in [0.4, 0.5) is 15.8 Å². The second-order valence-corrected chi connectivity index (χ2v) is 4.27. The van der Waals surface area contributed by atoms with Gasteiger partial charge < -0.3 is 15.8 Å². The van der Waals surface area contributed by atoms with Gasteiger partial charge in [-0.05, 0) is 23.8 Å². The topological polar surface area (TPSA) is 64.3 Å². The molecule has 0 spiro atoms. The second-order valence-electron chi connectivity index (χ2n) is 4.27. The molecule has 0 aromatic heterocycles. The van der Waals surface area contributed by atoms with E-state index in [2.05, 4.69) is 5.32 Å². The molecule has 0 atom stereocenters. The maximum atomic E-state index is 13.4. The van der Waals surface area contributed by atoms with Gasteiger partial charge in [0.2, 0.25) is 5.91 Å². The maximum Gasteiger partial charge on any atom is 0.228 e. The lowest BCUT2D eigenvalue weighted by Gasteiger charge is -2.10. The summed E-state index contributed by atoms with van der Waals surface area (Å²) in [6, 6.07) is 11.1. The van der Waals surface area contributed by atoms with Crippen molar-refractivity contribution in [3.8, 4) is 5.75 Å². The van der Waals surface area contributed by atoms with Gasteiger partial charge in [-0.1, -0.05) is 18.2 Å². The molecule has 0 heterocycles. The third kappa shape index (κ3) is 3.26. The van der Waals surface area contributed by atoms with Crippen molar-refractivity contribution in [3.63, 3.8) is 0 Å². The zero-order valence-electron chi connectivity index (χ0n) is 11.0. The van der Waals surface area contributed by atoms with Crippen LogP contribution in [0.3, 0.4) is 0 Å². The van der Waals surface area contributed by atoms with E-state index in [-0.39, 0.29) is 12.3 Å². The predicted molar refractivity (Wildman–Crippen MR) is 76.1 cm³/mol. The Kier molecular flexibility index (Phi) is 4.20. The van der Waals surface area contributed by atoms with Gasteiger partial charge in [0.05, 0.1) is 24.9 Å². The van der Waals surface area contributed by atoms with Crippen LogP contribution in [0.1, 0.15) is 5.56 Å². The third-order valence-electron chi connectivity index (χ3n) is 2.84. The van der Waals surface area contributed by atoms with Crippen molar-refractivity contribution < 1.29 is 13.9 Å². The van der Waals surface area contributed by atoms with Gasteiger partial charge in [-0.3, -0.25) is 4.79 Å². The molecule has 5 heteroatoms. The summed E-state index contributed by atoms with van der Waals surface area (Å²) >= 11 is 0. The van der Waals surface area contributed by atoms with Crippen LogP contribution in [0.2, 0.25) is 0 Å². The lowest BCUT2D eigenvalue weighted by molar-refractivity contribution is -0.115. The van der Waals surface area contributed by atoms with Crippen LogP contribution in [0.25, 0.3) is 0 Å². The van der Waals surface area contributed by atoms with Gasteiger partial charge in [-0.25, -0.2) is 4.39 Å². The van der Waals surface area contributed by atoms with Gasteiger partial charge >= 0.3 is 0 Å². The molecular formula is C15H15FN2O2. The number of benzene rings is 2. The first kappa shape index (κ1) is 13.9. The molecule has 0 radical (unpaired) electrons. The fourth-order valence-corrected chi connectivity index (χ4v) is 1.79. The van der Waals surface area contributed by atoms with E-state index in [0.717, 1.165) is 0 Å². The summed E-state index contributed by atoms with van der Waals surface area (Å²) in [6.45, 7) is 0. The van der Waals surface area contributed by atoms with E-state index in [1.807, 2.05) is 0 Å². The molecule has 0 aliphatic heterocycles. The van der Waals surface area contributed by atoms with Gasteiger partial charge in [0.15, 0.2) is 0 Å². The minimum atomic E-state index is -0.398. The van der Waals surface area contributed by atoms with E-state index in [0.29, 0.717) is 22.7 Å². The number of nitrogen functional groups attached to an aromatic ring is 1. The highest BCUT2D eigenvalue weighted by atomic mass is 19.1. The second kappa shape index (κ2) is 6.06. The van der Waals surface area contributed by atoms with Gasteiger partial charge in [0.25, 0.3) is 0 Å². The molecule has 3 N–H and O–H groups in total. The van der Waals surface area contributed by atoms with Crippen molar-refractivity contribution in [2.45, 2.75) is 6.42 Å². The molecule has 4 nitrogen and oxygen atoms in total. The summed E-state index contributed by atoms with van der Waals surface area (Å²) in [4.78, 5) is 11.9. The Morgan fingerprint density at radius 1 is 1.30 bits per heavy atom. The number of ether oxygens (including phenoxy) is 1. The van der Waals surface area contributed by atoms with Gasteiger partial charge in [-0.15, -0.1) is 0 Å². The van der Waals surface area contributed by atoms with Crippen molar-refractivity contribution in [2.75, 3.05) is 18.2 Å². The molecule has 0 saturated carbocycles. The lowest BCUT2D eigenvalue weighted by Crippen LogP contribution is -2.16. The first-order chi connectivity index (χ1) is 9.60. The minimum Gasteiger partial charge on any atom is -0.497 e. The molecule has 2 aromatic carbocycles. The van der Waals surface area contributed by atoms with Crippen LogP contribution < -0.4 is 15.8 Å². The van der Waals surface area contributed by atoms with Crippen molar-refractivity contribution in [3.05, 3.63) is 53.8 Å². The highest BCUT2D eigenvalue weighted by Crippen LogP contribution is 2.24. The molecule has 0 saturated heterocycles. The van der Waals surface area contributed by atoms with E-state index in [9.17, 15) is 9.18 Å². The number of carbonyl (C=O) groups excluding carboxylic acids is 1. The fraction of sp³-hybridized carbons (Fsp3) is 0.133. The zero-order chi connectivity index (χ0) is 14.5. The number of carbonyl (C=O) groups is 1. The molecule has 2 rings (SSSR count). The highest BCUT2D eigenvalue weighted by Gasteiger charge is 2.09. The number of rotatable bonds is 4. The van der Waals surface area contributed by atoms with Crippen LogP contribution in [0.5, 0.6) is 5.75 Å². The van der Waals surface area contributed by atoms with E-state index in [1.54, 1.807) is 36.4 Å². The Bertz CT molecular complexity index is 629. The van der Waals surface area contributed by atoms with Crippen molar-refractivity contribution in [1.82, 2.24) is 0 Å². The number of nitrogens with one attached hydrogen (secondary N) is 1. The van der Waals surface area contributed by atoms with Crippen molar-refractivity contribution in [1.29, 1.82) is 0 Å². The number of hydrogen-bond donors (Lipinski definition) is 2. The Hall–Kier alpha value is -2.56. The number of amides is 1. The molecular weight excluding hydrogens is 259 g/mol. The first-order valence-electron chi connectivity index (χ1n) is 6.07. The lowest BCUT2D eigenvalue weighted by atomic mass is 10.1. The van der Waals surface area contributed by atoms with E-state index in [4.69, 9.17) is 10.5 Å². The average molecular weight is 274 g/mol. The zero-order valence-corrected chi connectivity index (χ0v) is 11.0. The molecule has 0 fully saturated rings. The summed E-state index contributed by atoms with van der Waals surface area (Å²) in [5.74, 6) is -0.119. The Labute approximate surface area is 116 Å². The molecule has 0 unspecified atom stereocenters. The van der Waals surface area contributed by atoms with Crippen LogP contribution >= 0.6 is 0 Å². The monoisotopic (exact) mass is 274 g/mol. The maximum absolute atomic E-state index is 13.4. The smallest absolute Gasteiger partial charge is 0.228 e. The Balaban J connectivity index is 2.07. The minimum absolute atomic E-state index is 0.0435. The van der Waals surface area contributed by atoms with Gasteiger partial charge in [-0.2, -0.15) is 0 Å². The van der Waals surface area contributed by atoms with Gasteiger partial charge in [0, 0.05) is 6.07 Å². The molecule has 0 aliphatic carbocycles. The van der Waals surface area contributed by atoms with Crippen LogP contribution in [-0.2, 0) is 11.2 Å². The summed E-state index contributed by atoms with van der Waals surface area (Å²) in [7, 11) is 1.53. The normalized spacial score (nSPS) is 10.1. The predicted octanol–water partition coefficient (Wildman–Crippen LogP) is 2.60. The number of methoxy groups -OCH3 is 1. The summed E-state index contributed by atoms with van der Waals surface area (Å²) in [6.07, 6.45) is -0.0435. The molecule has 104 valence electrons. The number of halogens is 1. The van der Waals surface area contributed by atoms with Gasteiger partial charge in [0.1, 0.15) is 11.6 Å². The molecule has 2 aromatic rings. The quantitative estimate of drug-likeness (QED) is 0.842. The number of nitrogens with two attached hydrogens (primary N) is 1. The Morgan fingerprint density at radius 2 is 2.05 bits per heavy atom. The van der Waals surface area contributed by atoms with Crippen molar-refractivity contribution in [2.24, 2.45) is 0 Å². The SMILES string of the molecule is COc1ccc(NC(=O)Cc2ccccc2F)c(N)c1. The number of anilines is 2. The standard InChI is InChI=1S/C15H15FN2O2/c1-20-11-6-7-14(13(17)9-11)18-15(19)8-10-4-2-3-5-12(10)16/h2-7,9H,8,17H2,1H3,(H,18,19). The average Bonchev–Trinajstić information content (AvgIpc) is 2.43. The summed E-state index contributed by atoms with van der Waals surface area (Å²) < 4.78 is 18.5. The molecule has 0 bridgehead atoms. The van der Waals surface area contributed by atoms with Crippen molar-refractivity contribution >= 4 is 17.3 Å². The number of hydrogen-bond acceptors (Lipinski definition) is 3. The molecule has 20 heavy (non-hydrogen) atoms. The highest BCUT2D eigenvalue weighted by molar-refractivity contribution is 5.95. The largest absolute Gasteiger partial charge is 0.497 e. The van der Waals surface area contributed by atoms with Crippen LogP contribution in [0, 0.1) is 5.82 Å². The van der Waals surface area contributed by atoms with E-state index >= 15 is 0 Å². The first-order valence-corrected chi connectivity index (χ1v) is 6.07.